The zero-order valence-corrected chi connectivity index (χ0v) is 19.7. The zero-order valence-electron chi connectivity index (χ0n) is 18.9. The van der Waals surface area contributed by atoms with Gasteiger partial charge in [-0.05, 0) is 44.2 Å². The zero-order chi connectivity index (χ0) is 24.0. The van der Waals surface area contributed by atoms with E-state index in [1.165, 1.54) is 25.1 Å². The van der Waals surface area contributed by atoms with Crippen LogP contribution >= 0.6 is 0 Å². The van der Waals surface area contributed by atoms with E-state index in [2.05, 4.69) is 15.6 Å². The van der Waals surface area contributed by atoms with Crippen LogP contribution in [0, 0.1) is 5.82 Å². The van der Waals surface area contributed by atoms with Crippen LogP contribution in [0.2, 0.25) is 0 Å². The average molecular weight is 475 g/mol. The van der Waals surface area contributed by atoms with Crippen molar-refractivity contribution in [3.8, 4) is 5.75 Å². The highest BCUT2D eigenvalue weighted by molar-refractivity contribution is 7.92. The Morgan fingerprint density at radius 1 is 1.30 bits per heavy atom. The second-order valence-electron chi connectivity index (χ2n) is 8.77. The first-order chi connectivity index (χ1) is 15.5. The third-order valence-corrected chi connectivity index (χ3v) is 7.68. The number of carbonyl (C=O) groups is 1. The smallest absolute Gasteiger partial charge is 0.259 e. The molecule has 0 bridgehead atoms. The fourth-order valence-corrected chi connectivity index (χ4v) is 5.19. The first-order valence-electron chi connectivity index (χ1n) is 10.7. The van der Waals surface area contributed by atoms with Crippen LogP contribution in [0.15, 0.2) is 42.5 Å². The summed E-state index contributed by atoms with van der Waals surface area (Å²) in [6.07, 6.45) is 0.346. The van der Waals surface area contributed by atoms with Crippen molar-refractivity contribution in [1.82, 2.24) is 14.9 Å². The number of amides is 1. The monoisotopic (exact) mass is 474 g/mol. The minimum Gasteiger partial charge on any atom is -0.487 e. The SMILES string of the molecule is CCS(=O)(=O)C(NC1CC(C)(C)Oc2ccc(F)cc21)C(=O)Nc1nc2ccccc2n1C. The van der Waals surface area contributed by atoms with E-state index in [0.717, 1.165) is 5.52 Å². The molecule has 2 atom stereocenters. The van der Waals surface area contributed by atoms with E-state index < -0.39 is 38.6 Å². The average Bonchev–Trinajstić information content (AvgIpc) is 3.07. The normalized spacial score (nSPS) is 18.4. The summed E-state index contributed by atoms with van der Waals surface area (Å²) in [4.78, 5) is 17.6. The molecule has 0 aliphatic carbocycles. The molecule has 0 fully saturated rings. The Labute approximate surface area is 192 Å². The number of imidazole rings is 1. The van der Waals surface area contributed by atoms with Crippen LogP contribution in [0.5, 0.6) is 5.75 Å². The summed E-state index contributed by atoms with van der Waals surface area (Å²) in [5.41, 5.74) is 1.30. The van der Waals surface area contributed by atoms with Crippen molar-refractivity contribution in [2.75, 3.05) is 11.1 Å². The number of rotatable bonds is 6. The molecule has 3 aromatic rings. The molecule has 1 amide bonds. The number of nitrogens with zero attached hydrogens (tertiary/aromatic N) is 2. The van der Waals surface area contributed by atoms with E-state index in [0.29, 0.717) is 23.3 Å². The number of sulfone groups is 1. The van der Waals surface area contributed by atoms with Gasteiger partial charge in [0.1, 0.15) is 17.2 Å². The van der Waals surface area contributed by atoms with Crippen LogP contribution in [0.1, 0.15) is 38.8 Å². The number of carbonyl (C=O) groups excluding carboxylic acids is 1. The molecule has 1 aromatic heterocycles. The summed E-state index contributed by atoms with van der Waals surface area (Å²) in [5.74, 6) is -0.782. The second kappa shape index (κ2) is 8.42. The summed E-state index contributed by atoms with van der Waals surface area (Å²) in [7, 11) is -2.13. The van der Waals surface area contributed by atoms with Crippen LogP contribution < -0.4 is 15.4 Å². The van der Waals surface area contributed by atoms with Crippen LogP contribution in [0.4, 0.5) is 10.3 Å². The lowest BCUT2D eigenvalue weighted by Gasteiger charge is -2.39. The number of hydrogen-bond acceptors (Lipinski definition) is 6. The summed E-state index contributed by atoms with van der Waals surface area (Å²) >= 11 is 0. The lowest BCUT2D eigenvalue weighted by molar-refractivity contribution is -0.116. The number of halogens is 1. The number of hydrogen-bond donors (Lipinski definition) is 2. The van der Waals surface area contributed by atoms with Crippen LogP contribution in [0.25, 0.3) is 11.0 Å². The molecule has 2 N–H and O–H groups in total. The van der Waals surface area contributed by atoms with Crippen molar-refractivity contribution < 1.29 is 22.3 Å². The van der Waals surface area contributed by atoms with Crippen LogP contribution in [-0.2, 0) is 21.7 Å². The number of aryl methyl sites for hydroxylation is 1. The molecule has 4 rings (SSSR count). The number of para-hydroxylation sites is 2. The van der Waals surface area contributed by atoms with Gasteiger partial charge in [0.15, 0.2) is 15.2 Å². The first kappa shape index (κ1) is 23.2. The lowest BCUT2D eigenvalue weighted by Crippen LogP contribution is -2.51. The molecular formula is C23H27FN4O4S. The van der Waals surface area contributed by atoms with Gasteiger partial charge in [0.2, 0.25) is 5.95 Å². The van der Waals surface area contributed by atoms with Gasteiger partial charge in [0.25, 0.3) is 5.91 Å². The lowest BCUT2D eigenvalue weighted by atomic mass is 9.89. The Balaban J connectivity index is 1.68. The topological polar surface area (TPSA) is 102 Å². The highest BCUT2D eigenvalue weighted by Gasteiger charge is 2.40. The molecule has 10 heteroatoms. The van der Waals surface area contributed by atoms with Gasteiger partial charge in [-0.25, -0.2) is 17.8 Å². The van der Waals surface area contributed by atoms with Crippen molar-refractivity contribution >= 4 is 32.7 Å². The van der Waals surface area contributed by atoms with E-state index in [1.807, 2.05) is 32.0 Å². The Hall–Kier alpha value is -2.98. The van der Waals surface area contributed by atoms with Gasteiger partial charge in [0.05, 0.1) is 11.0 Å². The molecule has 176 valence electrons. The second-order valence-corrected chi connectivity index (χ2v) is 11.1. The fourth-order valence-electron chi connectivity index (χ4n) is 4.10. The van der Waals surface area contributed by atoms with E-state index in [-0.39, 0.29) is 11.7 Å². The third-order valence-electron chi connectivity index (χ3n) is 5.80. The Bertz CT molecular complexity index is 1320. The van der Waals surface area contributed by atoms with E-state index in [1.54, 1.807) is 17.7 Å². The van der Waals surface area contributed by atoms with Crippen molar-refractivity contribution in [2.24, 2.45) is 7.05 Å². The fraction of sp³-hybridized carbons (Fsp3) is 0.391. The summed E-state index contributed by atoms with van der Waals surface area (Å²) in [5, 5.41) is 4.07. The number of fused-ring (bicyclic) bond motifs is 2. The van der Waals surface area contributed by atoms with E-state index in [9.17, 15) is 17.6 Å². The molecule has 0 radical (unpaired) electrons. The Morgan fingerprint density at radius 2 is 2.03 bits per heavy atom. The first-order valence-corrected chi connectivity index (χ1v) is 12.4. The van der Waals surface area contributed by atoms with Gasteiger partial charge in [0, 0.05) is 30.8 Å². The molecular weight excluding hydrogens is 447 g/mol. The van der Waals surface area contributed by atoms with Crippen molar-refractivity contribution in [2.45, 2.75) is 44.2 Å². The maximum Gasteiger partial charge on any atom is 0.259 e. The summed E-state index contributed by atoms with van der Waals surface area (Å²) in [6, 6.07) is 10.8. The maximum absolute atomic E-state index is 14.0. The molecule has 2 heterocycles. The molecule has 33 heavy (non-hydrogen) atoms. The highest BCUT2D eigenvalue weighted by atomic mass is 32.2. The molecule has 2 unspecified atom stereocenters. The largest absolute Gasteiger partial charge is 0.487 e. The molecule has 1 aliphatic rings. The molecule has 0 saturated carbocycles. The Kier molecular flexibility index (Phi) is 5.92. The van der Waals surface area contributed by atoms with Gasteiger partial charge < -0.3 is 9.30 Å². The molecule has 0 saturated heterocycles. The highest BCUT2D eigenvalue weighted by Crippen LogP contribution is 2.40. The van der Waals surface area contributed by atoms with E-state index in [4.69, 9.17) is 4.74 Å². The van der Waals surface area contributed by atoms with Gasteiger partial charge in [-0.1, -0.05) is 19.1 Å². The number of aromatic nitrogens is 2. The van der Waals surface area contributed by atoms with Crippen molar-refractivity contribution in [1.29, 1.82) is 0 Å². The maximum atomic E-state index is 14.0. The minimum absolute atomic E-state index is 0.234. The molecule has 0 spiro atoms. The quantitative estimate of drug-likeness (QED) is 0.568. The standard InChI is InChI=1S/C23H27FN4O4S/c1-5-33(30,31)21(20(29)27-22-26-16-8-6-7-9-18(16)28(22)4)25-17-13-23(2,3)32-19-11-10-14(24)12-15(17)19/h6-12,17,21,25H,5,13H2,1-4H3,(H,26,27,29). The molecule has 8 nitrogen and oxygen atoms in total. The predicted octanol–water partition coefficient (Wildman–Crippen LogP) is 3.30. The van der Waals surface area contributed by atoms with Crippen molar-refractivity contribution in [3.63, 3.8) is 0 Å². The molecule has 1 aliphatic heterocycles. The summed E-state index contributed by atoms with van der Waals surface area (Å²) < 4.78 is 47.5. The predicted molar refractivity (Wildman–Crippen MR) is 124 cm³/mol. The number of benzene rings is 2. The number of anilines is 1. The minimum atomic E-state index is -3.87. The third kappa shape index (κ3) is 4.58. The van der Waals surface area contributed by atoms with Gasteiger partial charge >= 0.3 is 0 Å². The number of ether oxygens (including phenoxy) is 1. The summed E-state index contributed by atoms with van der Waals surface area (Å²) in [6.45, 7) is 5.20. The van der Waals surface area contributed by atoms with Gasteiger partial charge in [-0.15, -0.1) is 0 Å². The Morgan fingerprint density at radius 3 is 2.73 bits per heavy atom. The van der Waals surface area contributed by atoms with Crippen molar-refractivity contribution in [3.05, 3.63) is 53.8 Å². The molecule has 2 aromatic carbocycles. The van der Waals surface area contributed by atoms with Gasteiger partial charge in [-0.2, -0.15) is 0 Å². The van der Waals surface area contributed by atoms with Gasteiger partial charge in [-0.3, -0.25) is 15.4 Å². The number of nitrogens with one attached hydrogen (secondary N) is 2. The van der Waals surface area contributed by atoms with Crippen LogP contribution in [-0.4, -0.2) is 40.6 Å². The van der Waals surface area contributed by atoms with Crippen LogP contribution in [0.3, 0.4) is 0 Å². The van der Waals surface area contributed by atoms with E-state index >= 15 is 0 Å².